The molecule has 0 spiro atoms. The average Bonchev–Trinajstić information content (AvgIpc) is 2.33. The number of nitrogens with one attached hydrogen (secondary N) is 2. The molecule has 0 aliphatic heterocycles. The Labute approximate surface area is 111 Å². The molecule has 0 aromatic heterocycles. The summed E-state index contributed by atoms with van der Waals surface area (Å²) in [4.78, 5) is 11.6. The highest BCUT2D eigenvalue weighted by molar-refractivity contribution is 5.90. The largest absolute Gasteiger partial charge is 0.434 e. The zero-order valence-electron chi connectivity index (χ0n) is 11.0. The fourth-order valence-electron chi connectivity index (χ4n) is 1.55. The molecule has 4 nitrogen and oxygen atoms in total. The molecule has 2 N–H and O–H groups in total. The maximum absolute atomic E-state index is 12.2. The van der Waals surface area contributed by atoms with E-state index in [-0.39, 0.29) is 11.7 Å². The van der Waals surface area contributed by atoms with Crippen LogP contribution in [0.15, 0.2) is 18.2 Å². The SMILES string of the molecule is CNCCCC(=O)Nc1ccc(C)c(OC(F)F)c1. The van der Waals surface area contributed by atoms with E-state index in [0.717, 1.165) is 6.54 Å². The maximum atomic E-state index is 12.2. The van der Waals surface area contributed by atoms with Gasteiger partial charge in [0.25, 0.3) is 0 Å². The summed E-state index contributed by atoms with van der Waals surface area (Å²) < 4.78 is 28.7. The summed E-state index contributed by atoms with van der Waals surface area (Å²) in [5.74, 6) is -0.0786. The highest BCUT2D eigenvalue weighted by atomic mass is 19.3. The summed E-state index contributed by atoms with van der Waals surface area (Å²) in [6, 6.07) is 4.68. The minimum absolute atomic E-state index is 0.0722. The van der Waals surface area contributed by atoms with Gasteiger partial charge in [-0.05, 0) is 38.6 Å². The lowest BCUT2D eigenvalue weighted by molar-refractivity contribution is -0.116. The van der Waals surface area contributed by atoms with Crippen LogP contribution in [0.4, 0.5) is 14.5 Å². The molecule has 1 amide bonds. The van der Waals surface area contributed by atoms with Crippen molar-refractivity contribution in [3.63, 3.8) is 0 Å². The second-order valence-corrected chi connectivity index (χ2v) is 4.11. The molecule has 1 aromatic carbocycles. The lowest BCUT2D eigenvalue weighted by Crippen LogP contribution is -2.15. The number of benzene rings is 1. The summed E-state index contributed by atoms with van der Waals surface area (Å²) in [5.41, 5.74) is 1.05. The lowest BCUT2D eigenvalue weighted by atomic mass is 10.2. The number of ether oxygens (including phenoxy) is 1. The van der Waals surface area contributed by atoms with E-state index in [4.69, 9.17) is 0 Å². The van der Waals surface area contributed by atoms with Crippen molar-refractivity contribution in [2.45, 2.75) is 26.4 Å². The minimum atomic E-state index is -2.87. The van der Waals surface area contributed by atoms with E-state index in [1.54, 1.807) is 19.1 Å². The molecule has 0 aliphatic rings. The van der Waals surface area contributed by atoms with Gasteiger partial charge in [0.15, 0.2) is 0 Å². The van der Waals surface area contributed by atoms with Crippen molar-refractivity contribution >= 4 is 11.6 Å². The number of carbonyl (C=O) groups is 1. The molecule has 0 fully saturated rings. The zero-order valence-corrected chi connectivity index (χ0v) is 11.0. The Hall–Kier alpha value is -1.69. The van der Waals surface area contributed by atoms with Crippen LogP contribution in [-0.4, -0.2) is 26.1 Å². The van der Waals surface area contributed by atoms with E-state index >= 15 is 0 Å². The highest BCUT2D eigenvalue weighted by Gasteiger charge is 2.09. The van der Waals surface area contributed by atoms with Gasteiger partial charge in [0.05, 0.1) is 0 Å². The number of carbonyl (C=O) groups excluding carboxylic acids is 1. The van der Waals surface area contributed by atoms with Crippen LogP contribution >= 0.6 is 0 Å². The molecule has 0 atom stereocenters. The number of aryl methyl sites for hydroxylation is 1. The molecule has 0 saturated heterocycles. The van der Waals surface area contributed by atoms with Crippen molar-refractivity contribution in [2.75, 3.05) is 18.9 Å². The number of alkyl halides is 2. The van der Waals surface area contributed by atoms with Crippen molar-refractivity contribution in [3.05, 3.63) is 23.8 Å². The molecule has 106 valence electrons. The van der Waals surface area contributed by atoms with Crippen LogP contribution in [0, 0.1) is 6.92 Å². The van der Waals surface area contributed by atoms with Gasteiger partial charge in [-0.25, -0.2) is 0 Å². The summed E-state index contributed by atoms with van der Waals surface area (Å²) >= 11 is 0. The van der Waals surface area contributed by atoms with Crippen LogP contribution in [0.1, 0.15) is 18.4 Å². The monoisotopic (exact) mass is 272 g/mol. The van der Waals surface area contributed by atoms with Gasteiger partial charge < -0.3 is 15.4 Å². The van der Waals surface area contributed by atoms with E-state index in [1.807, 2.05) is 7.05 Å². The molecule has 0 aliphatic carbocycles. The third-order valence-electron chi connectivity index (χ3n) is 2.52. The Morgan fingerprint density at radius 2 is 2.16 bits per heavy atom. The normalized spacial score (nSPS) is 10.6. The van der Waals surface area contributed by atoms with Crippen molar-refractivity contribution in [2.24, 2.45) is 0 Å². The van der Waals surface area contributed by atoms with Gasteiger partial charge in [0, 0.05) is 18.2 Å². The fourth-order valence-corrected chi connectivity index (χ4v) is 1.55. The maximum Gasteiger partial charge on any atom is 0.387 e. The van der Waals surface area contributed by atoms with E-state index in [1.165, 1.54) is 6.07 Å². The third-order valence-corrected chi connectivity index (χ3v) is 2.52. The molecule has 1 rings (SSSR count). The molecular weight excluding hydrogens is 254 g/mol. The van der Waals surface area contributed by atoms with Crippen molar-refractivity contribution < 1.29 is 18.3 Å². The second kappa shape index (κ2) is 7.68. The van der Waals surface area contributed by atoms with Crippen LogP contribution in [0.5, 0.6) is 5.75 Å². The van der Waals surface area contributed by atoms with Gasteiger partial charge in [0.1, 0.15) is 5.75 Å². The molecular formula is C13H18F2N2O2. The van der Waals surface area contributed by atoms with Crippen LogP contribution < -0.4 is 15.4 Å². The predicted molar refractivity (Wildman–Crippen MR) is 69.6 cm³/mol. The Balaban J connectivity index is 2.61. The number of rotatable bonds is 7. The first-order valence-electron chi connectivity index (χ1n) is 6.03. The molecule has 0 bridgehead atoms. The summed E-state index contributed by atoms with van der Waals surface area (Å²) in [5, 5.41) is 5.59. The standard InChI is InChI=1S/C13H18F2N2O2/c1-9-5-6-10(8-11(9)19-13(14)15)17-12(18)4-3-7-16-2/h5-6,8,13,16H,3-4,7H2,1-2H3,(H,17,18). The number of amides is 1. The van der Waals surface area contributed by atoms with Gasteiger partial charge in [-0.3, -0.25) is 4.79 Å². The molecule has 19 heavy (non-hydrogen) atoms. The van der Waals surface area contributed by atoms with E-state index in [0.29, 0.717) is 24.1 Å². The average molecular weight is 272 g/mol. The van der Waals surface area contributed by atoms with Gasteiger partial charge >= 0.3 is 6.61 Å². The minimum Gasteiger partial charge on any atom is -0.434 e. The summed E-state index contributed by atoms with van der Waals surface area (Å²) in [7, 11) is 1.81. The molecule has 1 aromatic rings. The number of halogens is 2. The quantitative estimate of drug-likeness (QED) is 0.750. The Morgan fingerprint density at radius 1 is 1.42 bits per heavy atom. The van der Waals surface area contributed by atoms with Gasteiger partial charge in [0.2, 0.25) is 5.91 Å². The predicted octanol–water partition coefficient (Wildman–Crippen LogP) is 2.53. The third kappa shape index (κ3) is 5.65. The summed E-state index contributed by atoms with van der Waals surface area (Å²) in [6.07, 6.45) is 1.09. The van der Waals surface area contributed by atoms with E-state index in [2.05, 4.69) is 15.4 Å². The Kier molecular flexibility index (Phi) is 6.21. The van der Waals surface area contributed by atoms with Gasteiger partial charge in [-0.15, -0.1) is 0 Å². The molecule has 6 heteroatoms. The summed E-state index contributed by atoms with van der Waals surface area (Å²) in [6.45, 7) is -0.461. The molecule has 0 radical (unpaired) electrons. The first-order valence-corrected chi connectivity index (χ1v) is 6.03. The van der Waals surface area contributed by atoms with Gasteiger partial charge in [-0.2, -0.15) is 8.78 Å². The number of anilines is 1. The molecule has 0 heterocycles. The lowest BCUT2D eigenvalue weighted by Gasteiger charge is -2.11. The van der Waals surface area contributed by atoms with Crippen LogP contribution in [-0.2, 0) is 4.79 Å². The first kappa shape index (κ1) is 15.4. The highest BCUT2D eigenvalue weighted by Crippen LogP contribution is 2.24. The molecule has 0 unspecified atom stereocenters. The Bertz CT molecular complexity index is 425. The van der Waals surface area contributed by atoms with Crippen LogP contribution in [0.25, 0.3) is 0 Å². The smallest absolute Gasteiger partial charge is 0.387 e. The van der Waals surface area contributed by atoms with E-state index < -0.39 is 6.61 Å². The first-order chi connectivity index (χ1) is 9.02. The van der Waals surface area contributed by atoms with Gasteiger partial charge in [-0.1, -0.05) is 6.07 Å². The van der Waals surface area contributed by atoms with Crippen molar-refractivity contribution in [1.82, 2.24) is 5.32 Å². The number of hydrogen-bond acceptors (Lipinski definition) is 3. The van der Waals surface area contributed by atoms with Crippen LogP contribution in [0.2, 0.25) is 0 Å². The zero-order chi connectivity index (χ0) is 14.3. The number of hydrogen-bond donors (Lipinski definition) is 2. The topological polar surface area (TPSA) is 50.4 Å². The van der Waals surface area contributed by atoms with Crippen molar-refractivity contribution in [1.29, 1.82) is 0 Å². The van der Waals surface area contributed by atoms with Crippen LogP contribution in [0.3, 0.4) is 0 Å². The second-order valence-electron chi connectivity index (χ2n) is 4.11. The fraction of sp³-hybridized carbons (Fsp3) is 0.462. The van der Waals surface area contributed by atoms with Crippen molar-refractivity contribution in [3.8, 4) is 5.75 Å². The van der Waals surface area contributed by atoms with E-state index in [9.17, 15) is 13.6 Å². The Morgan fingerprint density at radius 3 is 2.79 bits per heavy atom. The molecule has 0 saturated carbocycles.